The van der Waals surface area contributed by atoms with E-state index < -0.39 is 0 Å². The number of allylic oxidation sites excluding steroid dienone is 2. The molecule has 0 aliphatic rings. The molecule has 7 aromatic carbocycles. The molecule has 0 bridgehead atoms. The van der Waals surface area contributed by atoms with Gasteiger partial charge in [0, 0.05) is 10.8 Å². The Labute approximate surface area is 244 Å². The molecule has 1 heteroatoms. The third kappa shape index (κ3) is 3.64. The fourth-order valence-corrected chi connectivity index (χ4v) is 6.67. The number of benzene rings is 7. The number of fused-ring (bicyclic) bond motifs is 6. The van der Waals surface area contributed by atoms with E-state index in [1.165, 1.54) is 54.6 Å². The first-order valence-corrected chi connectivity index (χ1v) is 14.4. The van der Waals surface area contributed by atoms with Crippen LogP contribution in [0.1, 0.15) is 11.1 Å². The molecule has 0 fully saturated rings. The van der Waals surface area contributed by atoms with Gasteiger partial charge >= 0.3 is 0 Å². The molecule has 0 saturated carbocycles. The molecule has 0 aliphatic heterocycles. The Morgan fingerprint density at radius 1 is 0.571 bits per heavy atom. The molecule has 8 rings (SSSR count). The van der Waals surface area contributed by atoms with E-state index in [2.05, 4.69) is 141 Å². The molecule has 0 amide bonds. The van der Waals surface area contributed by atoms with Crippen LogP contribution in [0.25, 0.3) is 82.6 Å². The lowest BCUT2D eigenvalue weighted by Gasteiger charge is -2.18. The smallest absolute Gasteiger partial charge is 0.138 e. The average Bonchev–Trinajstić information content (AvgIpc) is 3.42. The van der Waals surface area contributed by atoms with E-state index in [9.17, 15) is 0 Å². The summed E-state index contributed by atoms with van der Waals surface area (Å²) >= 11 is 0. The monoisotopic (exact) mass is 536 g/mol. The predicted molar refractivity (Wildman–Crippen MR) is 181 cm³/mol. The Kier molecular flexibility index (Phi) is 5.58. The van der Waals surface area contributed by atoms with Gasteiger partial charge in [0.2, 0.25) is 0 Å². The van der Waals surface area contributed by atoms with Crippen molar-refractivity contribution in [2.45, 2.75) is 6.92 Å². The lowest BCUT2D eigenvalue weighted by Crippen LogP contribution is -1.91. The fraction of sp³-hybridized carbons (Fsp3) is 0.0244. The molecule has 0 atom stereocenters. The quantitative estimate of drug-likeness (QED) is 0.161. The number of furan rings is 1. The summed E-state index contributed by atoms with van der Waals surface area (Å²) in [5.74, 6) is 0. The highest BCUT2D eigenvalue weighted by Gasteiger charge is 2.19. The fourth-order valence-electron chi connectivity index (χ4n) is 6.67. The van der Waals surface area contributed by atoms with E-state index in [0.29, 0.717) is 0 Å². The van der Waals surface area contributed by atoms with Gasteiger partial charge in [-0.1, -0.05) is 128 Å². The summed E-state index contributed by atoms with van der Waals surface area (Å²) in [5, 5.41) is 9.81. The Morgan fingerprint density at radius 2 is 1.21 bits per heavy atom. The second kappa shape index (κ2) is 9.61. The average molecular weight is 537 g/mol. The lowest BCUT2D eigenvalue weighted by molar-refractivity contribution is 0.665. The van der Waals surface area contributed by atoms with E-state index in [4.69, 9.17) is 4.42 Å². The summed E-state index contributed by atoms with van der Waals surface area (Å²) in [6, 6.07) is 44.0. The van der Waals surface area contributed by atoms with Crippen molar-refractivity contribution in [3.8, 4) is 22.3 Å². The zero-order valence-corrected chi connectivity index (χ0v) is 23.4. The third-order valence-corrected chi connectivity index (χ3v) is 8.62. The van der Waals surface area contributed by atoms with E-state index in [1.807, 2.05) is 6.08 Å². The van der Waals surface area contributed by atoms with Gasteiger partial charge in [0.25, 0.3) is 0 Å². The second-order valence-corrected chi connectivity index (χ2v) is 10.9. The van der Waals surface area contributed by atoms with E-state index >= 15 is 0 Å². The molecule has 198 valence electrons. The lowest BCUT2D eigenvalue weighted by atomic mass is 9.84. The third-order valence-electron chi connectivity index (χ3n) is 8.62. The molecule has 0 unspecified atom stereocenters. The van der Waals surface area contributed by atoms with Crippen molar-refractivity contribution in [1.82, 2.24) is 0 Å². The molecule has 0 aliphatic carbocycles. The highest BCUT2D eigenvalue weighted by molar-refractivity contribution is 6.24. The molecule has 8 aromatic rings. The van der Waals surface area contributed by atoms with Gasteiger partial charge < -0.3 is 4.42 Å². The molecule has 0 spiro atoms. The van der Waals surface area contributed by atoms with Crippen LogP contribution >= 0.6 is 0 Å². The van der Waals surface area contributed by atoms with Crippen molar-refractivity contribution in [2.75, 3.05) is 0 Å². The van der Waals surface area contributed by atoms with E-state index in [-0.39, 0.29) is 0 Å². The summed E-state index contributed by atoms with van der Waals surface area (Å²) < 4.78 is 6.43. The zero-order chi connectivity index (χ0) is 28.2. The van der Waals surface area contributed by atoms with Gasteiger partial charge in [-0.25, -0.2) is 0 Å². The Bertz CT molecular complexity index is 2320. The molecule has 1 nitrogen and oxygen atoms in total. The Hall–Kier alpha value is -5.40. The van der Waals surface area contributed by atoms with Gasteiger partial charge in [0.05, 0.1) is 0 Å². The van der Waals surface area contributed by atoms with Crippen LogP contribution in [-0.2, 0) is 0 Å². The van der Waals surface area contributed by atoms with Crippen molar-refractivity contribution in [3.05, 3.63) is 151 Å². The standard InChI is InChI=1S/C41H28O/c1-3-4-12-27-21-23-36-37-25-29(22-24-38(37)42-41(36)26(27)2)39-32-16-7-9-18-34(32)40(35-19-10-8-17-33(35)39)31-20-11-14-28-13-5-6-15-30(28)31/h3-25H,1H2,2H3/b12-4-. The van der Waals surface area contributed by atoms with Gasteiger partial charge in [0.15, 0.2) is 0 Å². The summed E-state index contributed by atoms with van der Waals surface area (Å²) in [7, 11) is 0. The normalized spacial score (nSPS) is 11.9. The summed E-state index contributed by atoms with van der Waals surface area (Å²) in [4.78, 5) is 0. The number of hydrogen-bond acceptors (Lipinski definition) is 1. The SMILES string of the molecule is C=C/C=C\c1ccc2c(oc3ccc(-c4c5ccccc5c(-c5cccc6ccccc56)c5ccccc45)cc32)c1C. The molecule has 0 N–H and O–H groups in total. The molecule has 1 aromatic heterocycles. The minimum atomic E-state index is 0.905. The van der Waals surface area contributed by atoms with Crippen molar-refractivity contribution in [1.29, 1.82) is 0 Å². The van der Waals surface area contributed by atoms with E-state index in [1.54, 1.807) is 6.08 Å². The predicted octanol–water partition coefficient (Wildman–Crippen LogP) is 11.9. The highest BCUT2D eigenvalue weighted by Crippen LogP contribution is 2.46. The van der Waals surface area contributed by atoms with Crippen LogP contribution in [-0.4, -0.2) is 0 Å². The van der Waals surface area contributed by atoms with Crippen LogP contribution in [0.15, 0.2) is 144 Å². The van der Waals surface area contributed by atoms with Crippen LogP contribution in [0.3, 0.4) is 0 Å². The first-order chi connectivity index (χ1) is 20.7. The summed E-state index contributed by atoms with van der Waals surface area (Å²) in [6.07, 6.45) is 5.85. The largest absolute Gasteiger partial charge is 0.456 e. The van der Waals surface area contributed by atoms with Crippen molar-refractivity contribution >= 4 is 60.3 Å². The van der Waals surface area contributed by atoms with Gasteiger partial charge in [-0.3, -0.25) is 0 Å². The minimum absolute atomic E-state index is 0.905. The Morgan fingerprint density at radius 3 is 1.93 bits per heavy atom. The van der Waals surface area contributed by atoms with Gasteiger partial charge in [0.1, 0.15) is 11.2 Å². The van der Waals surface area contributed by atoms with E-state index in [0.717, 1.165) is 33.1 Å². The van der Waals surface area contributed by atoms with Crippen molar-refractivity contribution in [2.24, 2.45) is 0 Å². The summed E-state index contributed by atoms with van der Waals surface area (Å²) in [6.45, 7) is 5.94. The maximum Gasteiger partial charge on any atom is 0.138 e. The summed E-state index contributed by atoms with van der Waals surface area (Å²) in [5.41, 5.74) is 9.12. The molecule has 0 radical (unpaired) electrons. The molecular formula is C41H28O. The molecule has 42 heavy (non-hydrogen) atoms. The Balaban J connectivity index is 1.44. The first kappa shape index (κ1) is 24.4. The van der Waals surface area contributed by atoms with Crippen LogP contribution in [0.5, 0.6) is 0 Å². The molecule has 0 saturated heterocycles. The van der Waals surface area contributed by atoms with Crippen LogP contribution in [0.4, 0.5) is 0 Å². The highest BCUT2D eigenvalue weighted by atomic mass is 16.3. The van der Waals surface area contributed by atoms with Crippen LogP contribution in [0, 0.1) is 6.92 Å². The van der Waals surface area contributed by atoms with Crippen molar-refractivity contribution in [3.63, 3.8) is 0 Å². The van der Waals surface area contributed by atoms with Gasteiger partial charge in [-0.05, 0) is 90.8 Å². The van der Waals surface area contributed by atoms with Gasteiger partial charge in [-0.2, -0.15) is 0 Å². The maximum absolute atomic E-state index is 6.43. The van der Waals surface area contributed by atoms with Gasteiger partial charge in [-0.15, -0.1) is 0 Å². The molecular weight excluding hydrogens is 508 g/mol. The maximum atomic E-state index is 6.43. The number of rotatable bonds is 4. The number of aryl methyl sites for hydroxylation is 1. The first-order valence-electron chi connectivity index (χ1n) is 14.4. The second-order valence-electron chi connectivity index (χ2n) is 10.9. The molecule has 1 heterocycles. The zero-order valence-electron chi connectivity index (χ0n) is 23.4. The van der Waals surface area contributed by atoms with Crippen LogP contribution in [0.2, 0.25) is 0 Å². The van der Waals surface area contributed by atoms with Crippen molar-refractivity contribution < 1.29 is 4.42 Å². The van der Waals surface area contributed by atoms with Crippen LogP contribution < -0.4 is 0 Å². The number of hydrogen-bond donors (Lipinski definition) is 0. The topological polar surface area (TPSA) is 13.1 Å². The minimum Gasteiger partial charge on any atom is -0.456 e.